The summed E-state index contributed by atoms with van der Waals surface area (Å²) in [5.74, 6) is 0.176. The lowest BCUT2D eigenvalue weighted by molar-refractivity contribution is -0.121. The predicted octanol–water partition coefficient (Wildman–Crippen LogP) is 9.46. The molecule has 4 nitrogen and oxygen atoms in total. The number of unbranched alkanes of at least 4 members (excludes halogenated alkanes) is 13. The number of aromatic nitrogens is 2. The Morgan fingerprint density at radius 2 is 1.47 bits per heavy atom. The standard InChI is InChI=1S/C34H51N3O/c1-3-4-5-6-7-8-9-10-11-12-13-14-15-17-26-36-33(38)22-19-20-29-30-27-28(2)23-24-31(30)37-34(29)32-21-16-18-25-35-32/h16,18,21,23-25,27,37H,3-15,17,19-20,22,26H2,1-2H3,(H,36,38). The van der Waals surface area contributed by atoms with Crippen LogP contribution in [0.4, 0.5) is 0 Å². The Morgan fingerprint density at radius 3 is 2.11 bits per heavy atom. The summed E-state index contributed by atoms with van der Waals surface area (Å²) >= 11 is 0. The summed E-state index contributed by atoms with van der Waals surface area (Å²) in [6.45, 7) is 5.22. The van der Waals surface area contributed by atoms with E-state index in [1.165, 1.54) is 100.0 Å². The number of fused-ring (bicyclic) bond motifs is 1. The molecule has 3 rings (SSSR count). The van der Waals surface area contributed by atoms with Crippen LogP contribution in [0.15, 0.2) is 42.6 Å². The summed E-state index contributed by atoms with van der Waals surface area (Å²) in [4.78, 5) is 20.6. The minimum absolute atomic E-state index is 0.176. The number of benzene rings is 1. The first-order chi connectivity index (χ1) is 18.7. The van der Waals surface area contributed by atoms with Crippen molar-refractivity contribution in [1.29, 1.82) is 0 Å². The Balaban J connectivity index is 1.25. The first kappa shape index (κ1) is 29.9. The highest BCUT2D eigenvalue weighted by atomic mass is 16.1. The second-order valence-electron chi connectivity index (χ2n) is 11.0. The molecule has 0 radical (unpaired) electrons. The van der Waals surface area contributed by atoms with Gasteiger partial charge in [0, 0.05) is 30.1 Å². The fourth-order valence-electron chi connectivity index (χ4n) is 5.41. The molecule has 2 N–H and O–H groups in total. The van der Waals surface area contributed by atoms with Gasteiger partial charge < -0.3 is 10.3 Å². The second-order valence-corrected chi connectivity index (χ2v) is 11.0. The number of pyridine rings is 1. The fourth-order valence-corrected chi connectivity index (χ4v) is 5.41. The van der Waals surface area contributed by atoms with Gasteiger partial charge in [-0.1, -0.05) is 108 Å². The van der Waals surface area contributed by atoms with Gasteiger partial charge in [0.2, 0.25) is 5.91 Å². The van der Waals surface area contributed by atoms with Crippen molar-refractivity contribution in [1.82, 2.24) is 15.3 Å². The molecular formula is C34H51N3O. The van der Waals surface area contributed by atoms with E-state index in [9.17, 15) is 4.79 Å². The molecule has 4 heteroatoms. The first-order valence-electron chi connectivity index (χ1n) is 15.5. The molecule has 0 bridgehead atoms. The van der Waals surface area contributed by atoms with E-state index in [1.54, 1.807) is 0 Å². The normalized spacial score (nSPS) is 11.3. The van der Waals surface area contributed by atoms with Crippen molar-refractivity contribution in [3.8, 4) is 11.4 Å². The number of nitrogens with zero attached hydrogens (tertiary/aromatic N) is 1. The fraction of sp³-hybridized carbons (Fsp3) is 0.588. The number of amides is 1. The van der Waals surface area contributed by atoms with E-state index in [1.807, 2.05) is 24.4 Å². The van der Waals surface area contributed by atoms with Gasteiger partial charge in [0.15, 0.2) is 0 Å². The zero-order chi connectivity index (χ0) is 26.8. The van der Waals surface area contributed by atoms with Crippen LogP contribution in [0.5, 0.6) is 0 Å². The molecule has 0 fully saturated rings. The monoisotopic (exact) mass is 517 g/mol. The van der Waals surface area contributed by atoms with Gasteiger partial charge in [-0.25, -0.2) is 0 Å². The Hall–Kier alpha value is -2.62. The molecule has 0 aliphatic rings. The number of aromatic amines is 1. The zero-order valence-electron chi connectivity index (χ0n) is 24.1. The Morgan fingerprint density at radius 1 is 0.816 bits per heavy atom. The molecule has 0 aliphatic heterocycles. The van der Waals surface area contributed by atoms with E-state index in [0.29, 0.717) is 6.42 Å². The molecule has 3 aromatic rings. The third kappa shape index (κ3) is 10.6. The number of rotatable bonds is 20. The van der Waals surface area contributed by atoms with Crippen LogP contribution in [-0.2, 0) is 11.2 Å². The second kappa shape index (κ2) is 17.8. The topological polar surface area (TPSA) is 57.8 Å². The van der Waals surface area contributed by atoms with Crippen molar-refractivity contribution in [2.45, 2.75) is 123 Å². The molecule has 0 atom stereocenters. The zero-order valence-corrected chi connectivity index (χ0v) is 24.1. The van der Waals surface area contributed by atoms with Crippen molar-refractivity contribution >= 4 is 16.8 Å². The molecule has 0 unspecified atom stereocenters. The summed E-state index contributed by atoms with van der Waals surface area (Å²) in [6, 6.07) is 12.5. The third-order valence-electron chi connectivity index (χ3n) is 7.67. The highest BCUT2D eigenvalue weighted by Crippen LogP contribution is 2.31. The van der Waals surface area contributed by atoms with E-state index in [2.05, 4.69) is 47.3 Å². The molecule has 2 aromatic heterocycles. The summed E-state index contributed by atoms with van der Waals surface area (Å²) < 4.78 is 0. The number of nitrogens with one attached hydrogen (secondary N) is 2. The van der Waals surface area contributed by atoms with Crippen molar-refractivity contribution in [2.24, 2.45) is 0 Å². The summed E-state index contributed by atoms with van der Waals surface area (Å²) in [5.41, 5.74) is 5.68. The van der Waals surface area contributed by atoms with E-state index < -0.39 is 0 Å². The lowest BCUT2D eigenvalue weighted by Gasteiger charge is -2.07. The maximum absolute atomic E-state index is 12.4. The average molecular weight is 518 g/mol. The SMILES string of the molecule is CCCCCCCCCCCCCCCCNC(=O)CCCc1c(-c2ccccn2)[nH]c2ccc(C)cc12. The van der Waals surface area contributed by atoms with Gasteiger partial charge in [0.1, 0.15) is 0 Å². The third-order valence-corrected chi connectivity index (χ3v) is 7.67. The largest absolute Gasteiger partial charge is 0.356 e. The van der Waals surface area contributed by atoms with Gasteiger partial charge in [-0.3, -0.25) is 9.78 Å². The van der Waals surface area contributed by atoms with Crippen LogP contribution in [0.1, 0.15) is 121 Å². The molecule has 0 spiro atoms. The number of H-pyrrole nitrogens is 1. The molecule has 1 amide bonds. The maximum Gasteiger partial charge on any atom is 0.220 e. The van der Waals surface area contributed by atoms with Gasteiger partial charge in [0.05, 0.1) is 11.4 Å². The minimum atomic E-state index is 0.176. The molecule has 38 heavy (non-hydrogen) atoms. The van der Waals surface area contributed by atoms with Gasteiger partial charge in [-0.05, 0) is 56.0 Å². The van der Waals surface area contributed by atoms with E-state index in [0.717, 1.165) is 42.7 Å². The number of aryl methyl sites for hydroxylation is 2. The van der Waals surface area contributed by atoms with Crippen molar-refractivity contribution in [3.63, 3.8) is 0 Å². The van der Waals surface area contributed by atoms with Crippen molar-refractivity contribution < 1.29 is 4.79 Å². The summed E-state index contributed by atoms with van der Waals surface area (Å²) in [7, 11) is 0. The summed E-state index contributed by atoms with van der Waals surface area (Å²) in [6.07, 6.45) is 23.1. The quantitative estimate of drug-likeness (QED) is 0.147. The Kier molecular flexibility index (Phi) is 14.0. The highest BCUT2D eigenvalue weighted by Gasteiger charge is 2.14. The Bertz CT molecular complexity index is 1060. The number of carbonyl (C=O) groups is 1. The van der Waals surface area contributed by atoms with Gasteiger partial charge >= 0.3 is 0 Å². The predicted molar refractivity (Wildman–Crippen MR) is 163 cm³/mol. The van der Waals surface area contributed by atoms with Gasteiger partial charge in [-0.15, -0.1) is 0 Å². The number of hydrogen-bond acceptors (Lipinski definition) is 2. The van der Waals surface area contributed by atoms with Crippen LogP contribution in [0.2, 0.25) is 0 Å². The Labute approximate surface area is 231 Å². The average Bonchev–Trinajstić information content (AvgIpc) is 3.29. The molecule has 0 aliphatic carbocycles. The lowest BCUT2D eigenvalue weighted by Crippen LogP contribution is -2.24. The maximum atomic E-state index is 12.4. The van der Waals surface area contributed by atoms with Crippen LogP contribution >= 0.6 is 0 Å². The smallest absolute Gasteiger partial charge is 0.220 e. The first-order valence-corrected chi connectivity index (χ1v) is 15.5. The molecule has 2 heterocycles. The van der Waals surface area contributed by atoms with Crippen molar-refractivity contribution in [2.75, 3.05) is 6.54 Å². The van der Waals surface area contributed by atoms with Crippen LogP contribution in [-0.4, -0.2) is 22.4 Å². The number of carbonyl (C=O) groups excluding carboxylic acids is 1. The van der Waals surface area contributed by atoms with Crippen molar-refractivity contribution in [3.05, 3.63) is 53.7 Å². The van der Waals surface area contributed by atoms with Crippen LogP contribution in [0.3, 0.4) is 0 Å². The molecule has 0 saturated carbocycles. The van der Waals surface area contributed by atoms with Crippen LogP contribution < -0.4 is 5.32 Å². The minimum Gasteiger partial charge on any atom is -0.356 e. The highest BCUT2D eigenvalue weighted by molar-refractivity contribution is 5.90. The molecule has 208 valence electrons. The number of hydrogen-bond donors (Lipinski definition) is 2. The molecule has 0 saturated heterocycles. The van der Waals surface area contributed by atoms with Gasteiger partial charge in [-0.2, -0.15) is 0 Å². The molecule has 1 aromatic carbocycles. The van der Waals surface area contributed by atoms with E-state index in [4.69, 9.17) is 0 Å². The lowest BCUT2D eigenvalue weighted by atomic mass is 10.0. The van der Waals surface area contributed by atoms with E-state index in [-0.39, 0.29) is 5.91 Å². The molecular weight excluding hydrogens is 466 g/mol. The summed E-state index contributed by atoms with van der Waals surface area (Å²) in [5, 5.41) is 4.38. The van der Waals surface area contributed by atoms with Crippen LogP contribution in [0, 0.1) is 6.92 Å². The van der Waals surface area contributed by atoms with Gasteiger partial charge in [0.25, 0.3) is 0 Å². The van der Waals surface area contributed by atoms with E-state index >= 15 is 0 Å². The van der Waals surface area contributed by atoms with Crippen LogP contribution in [0.25, 0.3) is 22.3 Å².